The summed E-state index contributed by atoms with van der Waals surface area (Å²) < 4.78 is 5.66. The molecule has 17 heavy (non-hydrogen) atoms. The summed E-state index contributed by atoms with van der Waals surface area (Å²) in [5.41, 5.74) is -0.140. The van der Waals surface area contributed by atoms with Crippen LogP contribution in [0.5, 0.6) is 0 Å². The van der Waals surface area contributed by atoms with Crippen molar-refractivity contribution in [3.63, 3.8) is 0 Å². The molecule has 1 unspecified atom stereocenters. The molecule has 2 saturated heterocycles. The average molecular weight is 240 g/mol. The van der Waals surface area contributed by atoms with Crippen LogP contribution in [-0.4, -0.2) is 42.8 Å². The Morgan fingerprint density at radius 1 is 1.47 bits per heavy atom. The number of rotatable bonds is 2. The summed E-state index contributed by atoms with van der Waals surface area (Å²) in [6.45, 7) is 7.59. The summed E-state index contributed by atoms with van der Waals surface area (Å²) in [6, 6.07) is 0.0774. The van der Waals surface area contributed by atoms with Crippen molar-refractivity contribution < 1.29 is 9.53 Å². The number of ether oxygens (including phenoxy) is 1. The second kappa shape index (κ2) is 5.25. The monoisotopic (exact) mass is 240 g/mol. The quantitative estimate of drug-likeness (QED) is 0.802. The van der Waals surface area contributed by atoms with Gasteiger partial charge in [-0.25, -0.2) is 4.79 Å². The molecule has 2 amide bonds. The Morgan fingerprint density at radius 3 is 2.76 bits per heavy atom. The fourth-order valence-electron chi connectivity index (χ4n) is 2.56. The van der Waals surface area contributed by atoms with Crippen LogP contribution in [0.3, 0.4) is 0 Å². The van der Waals surface area contributed by atoms with E-state index in [1.807, 2.05) is 4.90 Å². The van der Waals surface area contributed by atoms with Gasteiger partial charge in [0.25, 0.3) is 0 Å². The number of carbonyl (C=O) groups excluding carboxylic acids is 1. The zero-order chi connectivity index (χ0) is 12.3. The number of urea groups is 1. The first-order chi connectivity index (χ1) is 8.09. The molecule has 0 aromatic rings. The number of nitrogens with zero attached hydrogens (tertiary/aromatic N) is 1. The zero-order valence-electron chi connectivity index (χ0n) is 11.0. The summed E-state index contributed by atoms with van der Waals surface area (Å²) in [6.07, 6.45) is 4.40. The van der Waals surface area contributed by atoms with Gasteiger partial charge in [0.05, 0.1) is 5.60 Å². The maximum atomic E-state index is 12.0. The van der Waals surface area contributed by atoms with Crippen molar-refractivity contribution in [3.05, 3.63) is 0 Å². The Labute approximate surface area is 104 Å². The summed E-state index contributed by atoms with van der Waals surface area (Å²) in [5.74, 6) is 0.759. The van der Waals surface area contributed by atoms with E-state index in [4.69, 9.17) is 4.74 Å². The van der Waals surface area contributed by atoms with Crippen molar-refractivity contribution in [2.45, 2.75) is 45.1 Å². The van der Waals surface area contributed by atoms with E-state index in [9.17, 15) is 4.79 Å². The van der Waals surface area contributed by atoms with Crippen LogP contribution in [0.15, 0.2) is 0 Å². The molecule has 0 saturated carbocycles. The normalized spacial score (nSPS) is 30.6. The first kappa shape index (κ1) is 12.7. The van der Waals surface area contributed by atoms with Gasteiger partial charge in [0.1, 0.15) is 0 Å². The van der Waals surface area contributed by atoms with Crippen molar-refractivity contribution in [1.82, 2.24) is 10.2 Å². The number of piperidine rings is 1. The molecule has 0 aromatic heterocycles. The largest absolute Gasteiger partial charge is 0.373 e. The molecule has 0 spiro atoms. The molecule has 2 fully saturated rings. The van der Waals surface area contributed by atoms with Gasteiger partial charge in [0.15, 0.2) is 0 Å². The first-order valence-corrected chi connectivity index (χ1v) is 6.76. The number of likely N-dealkylation sites (tertiary alicyclic amines) is 1. The molecule has 4 heteroatoms. The van der Waals surface area contributed by atoms with Gasteiger partial charge in [0.2, 0.25) is 0 Å². The SMILES string of the molecule is CC1CCN(C(=O)NCC2(C)CCCO2)CC1. The number of carbonyl (C=O) groups is 1. The lowest BCUT2D eigenvalue weighted by Crippen LogP contribution is -2.48. The molecule has 98 valence electrons. The molecule has 2 aliphatic rings. The van der Waals surface area contributed by atoms with Gasteiger partial charge in [-0.1, -0.05) is 6.92 Å². The summed E-state index contributed by atoms with van der Waals surface area (Å²) in [5, 5.41) is 3.01. The van der Waals surface area contributed by atoms with Gasteiger partial charge in [-0.3, -0.25) is 0 Å². The average Bonchev–Trinajstić information content (AvgIpc) is 2.75. The summed E-state index contributed by atoms with van der Waals surface area (Å²) in [4.78, 5) is 13.9. The number of hydrogen-bond acceptors (Lipinski definition) is 2. The molecule has 1 N–H and O–H groups in total. The highest BCUT2D eigenvalue weighted by molar-refractivity contribution is 5.74. The van der Waals surface area contributed by atoms with E-state index in [-0.39, 0.29) is 11.6 Å². The van der Waals surface area contributed by atoms with E-state index in [0.29, 0.717) is 6.54 Å². The van der Waals surface area contributed by atoms with E-state index in [1.54, 1.807) is 0 Å². The first-order valence-electron chi connectivity index (χ1n) is 6.76. The Balaban J connectivity index is 1.73. The van der Waals surface area contributed by atoms with Crippen LogP contribution in [0.25, 0.3) is 0 Å². The second-order valence-corrected chi connectivity index (χ2v) is 5.73. The van der Waals surface area contributed by atoms with Gasteiger partial charge in [0, 0.05) is 26.2 Å². The van der Waals surface area contributed by atoms with E-state index >= 15 is 0 Å². The Bertz CT molecular complexity index is 267. The molecule has 2 heterocycles. The number of nitrogens with one attached hydrogen (secondary N) is 1. The predicted octanol–water partition coefficient (Wildman–Crippen LogP) is 2.00. The third-order valence-corrected chi connectivity index (χ3v) is 3.98. The highest BCUT2D eigenvalue weighted by atomic mass is 16.5. The molecule has 0 radical (unpaired) electrons. The minimum absolute atomic E-state index is 0.0774. The van der Waals surface area contributed by atoms with Crippen molar-refractivity contribution in [3.8, 4) is 0 Å². The van der Waals surface area contributed by atoms with E-state index in [1.165, 1.54) is 0 Å². The molecule has 0 bridgehead atoms. The Kier molecular flexibility index (Phi) is 3.92. The Morgan fingerprint density at radius 2 is 2.18 bits per heavy atom. The van der Waals surface area contributed by atoms with Gasteiger partial charge >= 0.3 is 6.03 Å². The highest BCUT2D eigenvalue weighted by Crippen LogP contribution is 2.24. The van der Waals surface area contributed by atoms with Crippen molar-refractivity contribution in [2.24, 2.45) is 5.92 Å². The lowest BCUT2D eigenvalue weighted by molar-refractivity contribution is 0.0216. The third kappa shape index (κ3) is 3.35. The smallest absolute Gasteiger partial charge is 0.317 e. The van der Waals surface area contributed by atoms with E-state index in [2.05, 4.69) is 19.2 Å². The molecular weight excluding hydrogens is 216 g/mol. The highest BCUT2D eigenvalue weighted by Gasteiger charge is 2.31. The van der Waals surface area contributed by atoms with Gasteiger partial charge < -0.3 is 15.0 Å². The van der Waals surface area contributed by atoms with E-state index in [0.717, 1.165) is 51.3 Å². The van der Waals surface area contributed by atoms with E-state index < -0.39 is 0 Å². The van der Waals surface area contributed by atoms with Gasteiger partial charge in [-0.15, -0.1) is 0 Å². The maximum Gasteiger partial charge on any atom is 0.317 e. The standard InChI is InChI=1S/C13H24N2O2/c1-11-4-7-15(8-5-11)12(16)14-10-13(2)6-3-9-17-13/h11H,3-10H2,1-2H3,(H,14,16). The minimum atomic E-state index is -0.140. The minimum Gasteiger partial charge on any atom is -0.373 e. The lowest BCUT2D eigenvalue weighted by atomic mass is 9.99. The van der Waals surface area contributed by atoms with Crippen molar-refractivity contribution in [2.75, 3.05) is 26.2 Å². The number of hydrogen-bond donors (Lipinski definition) is 1. The van der Waals surface area contributed by atoms with Gasteiger partial charge in [-0.2, -0.15) is 0 Å². The van der Waals surface area contributed by atoms with Crippen LogP contribution in [-0.2, 0) is 4.74 Å². The summed E-state index contributed by atoms with van der Waals surface area (Å²) >= 11 is 0. The fraction of sp³-hybridized carbons (Fsp3) is 0.923. The van der Waals surface area contributed by atoms with Crippen LogP contribution < -0.4 is 5.32 Å². The van der Waals surface area contributed by atoms with Crippen LogP contribution in [0.1, 0.15) is 39.5 Å². The fourth-order valence-corrected chi connectivity index (χ4v) is 2.56. The molecule has 0 aromatic carbocycles. The molecule has 4 nitrogen and oxygen atoms in total. The Hall–Kier alpha value is -0.770. The predicted molar refractivity (Wildman–Crippen MR) is 67.0 cm³/mol. The van der Waals surface area contributed by atoms with Crippen LogP contribution in [0, 0.1) is 5.92 Å². The molecule has 1 atom stereocenters. The molecule has 0 aliphatic carbocycles. The maximum absolute atomic E-state index is 12.0. The van der Waals surface area contributed by atoms with Crippen LogP contribution in [0.2, 0.25) is 0 Å². The summed E-state index contributed by atoms with van der Waals surface area (Å²) in [7, 11) is 0. The second-order valence-electron chi connectivity index (χ2n) is 5.73. The lowest BCUT2D eigenvalue weighted by Gasteiger charge is -2.32. The number of amides is 2. The van der Waals surface area contributed by atoms with Crippen molar-refractivity contribution >= 4 is 6.03 Å². The topological polar surface area (TPSA) is 41.6 Å². The van der Waals surface area contributed by atoms with Crippen LogP contribution in [0.4, 0.5) is 4.79 Å². The third-order valence-electron chi connectivity index (χ3n) is 3.98. The molecular formula is C13H24N2O2. The van der Waals surface area contributed by atoms with Gasteiger partial charge in [-0.05, 0) is 38.5 Å². The van der Waals surface area contributed by atoms with Crippen molar-refractivity contribution in [1.29, 1.82) is 0 Å². The van der Waals surface area contributed by atoms with Crippen LogP contribution >= 0.6 is 0 Å². The molecule has 2 rings (SSSR count). The zero-order valence-corrected chi connectivity index (χ0v) is 11.0. The molecule has 2 aliphatic heterocycles.